The van der Waals surface area contributed by atoms with Crippen LogP contribution in [0.3, 0.4) is 0 Å². The van der Waals surface area contributed by atoms with E-state index < -0.39 is 23.6 Å². The van der Waals surface area contributed by atoms with Crippen molar-refractivity contribution < 1.29 is 28.2 Å². The smallest absolute Gasteiger partial charge is 0.335 e. The molecule has 0 radical (unpaired) electrons. The first-order chi connectivity index (χ1) is 18.4. The number of halogens is 2. The second kappa shape index (κ2) is 10.6. The number of aromatic nitrogens is 2. The van der Waals surface area contributed by atoms with Crippen LogP contribution in [0.4, 0.5) is 14.5 Å². The van der Waals surface area contributed by atoms with Gasteiger partial charge < -0.3 is 19.7 Å². The number of methoxy groups -OCH3 is 1. The minimum atomic E-state index is -1.06. The highest BCUT2D eigenvalue weighted by Gasteiger charge is 2.35. The van der Waals surface area contributed by atoms with Crippen molar-refractivity contribution in [2.24, 2.45) is 5.92 Å². The Morgan fingerprint density at radius 2 is 1.66 bits per heavy atom. The molecule has 0 aliphatic heterocycles. The molecule has 1 aliphatic carbocycles. The van der Waals surface area contributed by atoms with Crippen LogP contribution < -0.4 is 10.1 Å². The highest BCUT2D eigenvalue weighted by Crippen LogP contribution is 2.39. The maximum Gasteiger partial charge on any atom is 0.335 e. The van der Waals surface area contributed by atoms with E-state index in [9.17, 15) is 23.5 Å². The maximum absolute atomic E-state index is 14.5. The molecule has 2 N–H and O–H groups in total. The lowest BCUT2D eigenvalue weighted by atomic mass is 9.83. The molecular weight excluding hydrogens is 492 g/mol. The number of carboxylic acids is 1. The lowest BCUT2D eigenvalue weighted by Gasteiger charge is -2.32. The molecule has 7 nitrogen and oxygen atoms in total. The third-order valence-electron chi connectivity index (χ3n) is 7.12. The summed E-state index contributed by atoms with van der Waals surface area (Å²) in [5.74, 6) is -2.44. The summed E-state index contributed by atoms with van der Waals surface area (Å²) < 4.78 is 35.7. The van der Waals surface area contributed by atoms with Gasteiger partial charge in [-0.3, -0.25) is 4.79 Å². The molecule has 9 heteroatoms. The number of nitrogens with zero attached hydrogens (tertiary/aromatic N) is 2. The number of fused-ring (bicyclic) bond motifs is 1. The maximum atomic E-state index is 14.5. The van der Waals surface area contributed by atoms with E-state index >= 15 is 0 Å². The number of amides is 1. The zero-order chi connectivity index (χ0) is 26.8. The average molecular weight is 520 g/mol. The van der Waals surface area contributed by atoms with E-state index in [1.165, 1.54) is 24.3 Å². The first-order valence-electron chi connectivity index (χ1n) is 12.5. The Morgan fingerprint density at radius 3 is 2.29 bits per heavy atom. The van der Waals surface area contributed by atoms with Crippen molar-refractivity contribution in [2.45, 2.75) is 38.1 Å². The molecule has 1 amide bonds. The minimum Gasteiger partial charge on any atom is -0.497 e. The number of carboxylic acid groups (broad SMARTS) is 1. The third kappa shape index (κ3) is 4.96. The fourth-order valence-corrected chi connectivity index (χ4v) is 5.22. The van der Waals surface area contributed by atoms with Crippen LogP contribution >= 0.6 is 0 Å². The van der Waals surface area contributed by atoms with E-state index in [-0.39, 0.29) is 22.9 Å². The molecule has 5 rings (SSSR count). The van der Waals surface area contributed by atoms with Crippen LogP contribution in [-0.4, -0.2) is 33.6 Å². The summed E-state index contributed by atoms with van der Waals surface area (Å²) in [5, 5.41) is 12.1. The lowest BCUT2D eigenvalue weighted by molar-refractivity contribution is -0.121. The van der Waals surface area contributed by atoms with Crippen LogP contribution in [-0.2, 0) is 4.79 Å². The lowest BCUT2D eigenvalue weighted by Crippen LogP contribution is -2.33. The fourth-order valence-electron chi connectivity index (χ4n) is 5.22. The van der Waals surface area contributed by atoms with Crippen LogP contribution in [0.5, 0.6) is 5.75 Å². The second-order valence-electron chi connectivity index (χ2n) is 9.50. The van der Waals surface area contributed by atoms with Gasteiger partial charge in [0.25, 0.3) is 0 Å². The molecule has 3 aromatic carbocycles. The van der Waals surface area contributed by atoms with Crippen molar-refractivity contribution in [1.82, 2.24) is 9.55 Å². The molecule has 0 spiro atoms. The van der Waals surface area contributed by atoms with Gasteiger partial charge in [-0.15, -0.1) is 0 Å². The molecule has 196 valence electrons. The Bertz CT molecular complexity index is 1480. The standard InChI is InChI=1S/C29H27F2N3O4/c1-38-21-13-9-18(10-14-21)27-33-24-15-22(30)23(31)16-25(24)34(27)26(17-5-3-2-4-6-17)28(35)32-20-11-7-19(8-12-20)29(36)37/h7-17,26H,2-6H2,1H3,(H,32,35)(H,36,37). The number of hydrogen-bond donors (Lipinski definition) is 2. The van der Waals surface area contributed by atoms with Gasteiger partial charge in [-0.2, -0.15) is 0 Å². The summed E-state index contributed by atoms with van der Waals surface area (Å²) in [6.45, 7) is 0. The zero-order valence-corrected chi connectivity index (χ0v) is 20.8. The number of nitrogens with one attached hydrogen (secondary N) is 1. The van der Waals surface area contributed by atoms with Crippen LogP contribution in [0.1, 0.15) is 48.5 Å². The molecule has 0 bridgehead atoms. The van der Waals surface area contributed by atoms with Crippen molar-refractivity contribution in [3.8, 4) is 17.1 Å². The summed E-state index contributed by atoms with van der Waals surface area (Å²) in [4.78, 5) is 29.8. The number of rotatable bonds is 7. The zero-order valence-electron chi connectivity index (χ0n) is 20.8. The Kier molecular flexibility index (Phi) is 7.09. The second-order valence-corrected chi connectivity index (χ2v) is 9.50. The highest BCUT2D eigenvalue weighted by atomic mass is 19.2. The number of carbonyl (C=O) groups is 2. The molecule has 4 aromatic rings. The van der Waals surface area contributed by atoms with Crippen LogP contribution in [0, 0.1) is 17.6 Å². The van der Waals surface area contributed by atoms with E-state index in [1.54, 1.807) is 35.9 Å². The number of anilines is 1. The molecule has 38 heavy (non-hydrogen) atoms. The monoisotopic (exact) mass is 519 g/mol. The molecule has 1 aromatic heterocycles. The average Bonchev–Trinajstić information content (AvgIpc) is 3.27. The van der Waals surface area contributed by atoms with Crippen molar-refractivity contribution in [3.05, 3.63) is 77.9 Å². The molecule has 0 saturated heterocycles. The van der Waals surface area contributed by atoms with E-state index in [4.69, 9.17) is 4.74 Å². The van der Waals surface area contributed by atoms with Gasteiger partial charge in [-0.25, -0.2) is 18.6 Å². The van der Waals surface area contributed by atoms with Gasteiger partial charge in [0.2, 0.25) is 5.91 Å². The van der Waals surface area contributed by atoms with Gasteiger partial charge in [0.15, 0.2) is 11.6 Å². The van der Waals surface area contributed by atoms with Gasteiger partial charge >= 0.3 is 5.97 Å². The first kappa shape index (κ1) is 25.4. The fraction of sp³-hybridized carbons (Fsp3) is 0.276. The SMILES string of the molecule is COc1ccc(-c2nc3cc(F)c(F)cc3n2C(C(=O)Nc2ccc(C(=O)O)cc2)C2CCCCC2)cc1. The molecule has 1 fully saturated rings. The van der Waals surface area contributed by atoms with Crippen molar-refractivity contribution in [1.29, 1.82) is 0 Å². The predicted octanol–water partition coefficient (Wildman–Crippen LogP) is 6.45. The quantitative estimate of drug-likeness (QED) is 0.293. The largest absolute Gasteiger partial charge is 0.497 e. The number of ether oxygens (including phenoxy) is 1. The highest BCUT2D eigenvalue weighted by molar-refractivity contribution is 5.96. The number of aromatic carboxylic acids is 1. The van der Waals surface area contributed by atoms with Gasteiger partial charge in [-0.1, -0.05) is 19.3 Å². The molecule has 1 heterocycles. The molecular formula is C29H27F2N3O4. The van der Waals surface area contributed by atoms with E-state index in [2.05, 4.69) is 10.3 Å². The van der Waals surface area contributed by atoms with Crippen LogP contribution in [0.25, 0.3) is 22.4 Å². The molecule has 1 atom stereocenters. The molecule has 1 unspecified atom stereocenters. The van der Waals surface area contributed by atoms with Gasteiger partial charge in [0.05, 0.1) is 23.7 Å². The van der Waals surface area contributed by atoms with E-state index in [1.807, 2.05) is 0 Å². The van der Waals surface area contributed by atoms with E-state index in [0.717, 1.165) is 44.2 Å². The van der Waals surface area contributed by atoms with Crippen molar-refractivity contribution in [2.75, 3.05) is 12.4 Å². The number of carbonyl (C=O) groups excluding carboxylic acids is 1. The number of imidazole rings is 1. The Labute approximate surface area is 218 Å². The number of hydrogen-bond acceptors (Lipinski definition) is 4. The minimum absolute atomic E-state index is 0.0652. The first-order valence-corrected chi connectivity index (χ1v) is 12.5. The van der Waals surface area contributed by atoms with E-state index in [0.29, 0.717) is 28.3 Å². The summed E-state index contributed by atoms with van der Waals surface area (Å²) in [6.07, 6.45) is 4.56. The molecule has 1 aliphatic rings. The summed E-state index contributed by atoms with van der Waals surface area (Å²) in [6, 6.07) is 14.4. The van der Waals surface area contributed by atoms with Gasteiger partial charge in [0.1, 0.15) is 17.6 Å². The summed E-state index contributed by atoms with van der Waals surface area (Å²) in [5.41, 5.74) is 1.78. The Morgan fingerprint density at radius 1 is 1.00 bits per heavy atom. The Balaban J connectivity index is 1.65. The summed E-state index contributed by atoms with van der Waals surface area (Å²) in [7, 11) is 1.56. The third-order valence-corrected chi connectivity index (χ3v) is 7.12. The van der Waals surface area contributed by atoms with Gasteiger partial charge in [-0.05, 0) is 67.3 Å². The van der Waals surface area contributed by atoms with Crippen molar-refractivity contribution >= 4 is 28.6 Å². The van der Waals surface area contributed by atoms with Crippen LogP contribution in [0.15, 0.2) is 60.7 Å². The van der Waals surface area contributed by atoms with Crippen LogP contribution in [0.2, 0.25) is 0 Å². The summed E-state index contributed by atoms with van der Waals surface area (Å²) >= 11 is 0. The van der Waals surface area contributed by atoms with Gasteiger partial charge in [0, 0.05) is 23.4 Å². The Hall–Kier alpha value is -4.27. The topological polar surface area (TPSA) is 93.5 Å². The van der Waals surface area contributed by atoms with Crippen molar-refractivity contribution in [3.63, 3.8) is 0 Å². The predicted molar refractivity (Wildman–Crippen MR) is 139 cm³/mol. The number of benzene rings is 3. The normalized spacial score (nSPS) is 14.8. The molecule has 1 saturated carbocycles.